The molecule has 1 aromatic heterocycles. The van der Waals surface area contributed by atoms with Crippen molar-refractivity contribution < 1.29 is 14.7 Å². The highest BCUT2D eigenvalue weighted by molar-refractivity contribution is 5.97. The molecule has 0 unspecified atom stereocenters. The van der Waals surface area contributed by atoms with Crippen LogP contribution in [0.5, 0.6) is 0 Å². The lowest BCUT2D eigenvalue weighted by Crippen LogP contribution is -2.73. The van der Waals surface area contributed by atoms with E-state index in [0.29, 0.717) is 12.1 Å². The molecule has 0 radical (unpaired) electrons. The van der Waals surface area contributed by atoms with E-state index in [9.17, 15) is 14.7 Å². The standard InChI is InChI=1S/C25H23N3O3/c29-16-22-24(19-8-6-18(7-9-19)17-4-2-1-3-5-17)21-14-27(15-23(30)28(21)22)25(31)20-10-12-26-13-11-20/h1-13,21-22,24,29H,14-16H2/t21-,22+,24+/m1/s1. The molecule has 0 spiro atoms. The molecule has 3 atom stereocenters. The fourth-order valence-electron chi connectivity index (χ4n) is 4.86. The first-order valence-corrected chi connectivity index (χ1v) is 10.4. The number of carbonyl (C=O) groups is 2. The third kappa shape index (κ3) is 3.39. The molecule has 2 saturated heterocycles. The number of fused-ring (bicyclic) bond motifs is 1. The summed E-state index contributed by atoms with van der Waals surface area (Å²) in [5, 5.41) is 9.98. The fraction of sp³-hybridized carbons (Fsp3) is 0.240. The average Bonchev–Trinajstić information content (AvgIpc) is 2.81. The lowest BCUT2D eigenvalue weighted by atomic mass is 9.73. The molecule has 2 fully saturated rings. The van der Waals surface area contributed by atoms with E-state index >= 15 is 0 Å². The van der Waals surface area contributed by atoms with Crippen molar-refractivity contribution in [1.82, 2.24) is 14.8 Å². The predicted molar refractivity (Wildman–Crippen MR) is 116 cm³/mol. The Morgan fingerprint density at radius 3 is 2.32 bits per heavy atom. The van der Waals surface area contributed by atoms with Gasteiger partial charge in [-0.25, -0.2) is 0 Å². The largest absolute Gasteiger partial charge is 0.394 e. The molecule has 0 bridgehead atoms. The van der Waals surface area contributed by atoms with E-state index in [1.165, 1.54) is 0 Å². The lowest BCUT2D eigenvalue weighted by molar-refractivity contribution is -0.159. The number of hydrogen-bond donors (Lipinski definition) is 1. The Balaban J connectivity index is 1.39. The number of amides is 2. The van der Waals surface area contributed by atoms with Gasteiger partial charge in [-0.2, -0.15) is 0 Å². The summed E-state index contributed by atoms with van der Waals surface area (Å²) in [7, 11) is 0. The van der Waals surface area contributed by atoms with Gasteiger partial charge in [0.25, 0.3) is 5.91 Å². The van der Waals surface area contributed by atoms with E-state index in [4.69, 9.17) is 0 Å². The molecule has 6 heteroatoms. The maximum absolute atomic E-state index is 12.9. The number of nitrogens with zero attached hydrogens (tertiary/aromatic N) is 3. The van der Waals surface area contributed by atoms with Crippen molar-refractivity contribution in [2.75, 3.05) is 19.7 Å². The van der Waals surface area contributed by atoms with Crippen molar-refractivity contribution in [2.45, 2.75) is 18.0 Å². The van der Waals surface area contributed by atoms with Crippen LogP contribution in [0.1, 0.15) is 21.8 Å². The first-order valence-electron chi connectivity index (χ1n) is 10.4. The summed E-state index contributed by atoms with van der Waals surface area (Å²) in [6.07, 6.45) is 3.15. The molecule has 6 nitrogen and oxygen atoms in total. The van der Waals surface area contributed by atoms with Crippen molar-refractivity contribution in [2.24, 2.45) is 0 Å². The molecule has 2 aromatic carbocycles. The van der Waals surface area contributed by atoms with Crippen molar-refractivity contribution in [3.8, 4) is 11.1 Å². The third-order valence-electron chi connectivity index (χ3n) is 6.37. The summed E-state index contributed by atoms with van der Waals surface area (Å²) >= 11 is 0. The second kappa shape index (κ2) is 7.96. The topological polar surface area (TPSA) is 73.7 Å². The zero-order chi connectivity index (χ0) is 21.4. The zero-order valence-electron chi connectivity index (χ0n) is 17.0. The number of carbonyl (C=O) groups excluding carboxylic acids is 2. The summed E-state index contributed by atoms with van der Waals surface area (Å²) in [6.45, 7) is 0.397. The van der Waals surface area contributed by atoms with E-state index < -0.39 is 0 Å². The van der Waals surface area contributed by atoms with E-state index in [2.05, 4.69) is 41.4 Å². The van der Waals surface area contributed by atoms with Crippen LogP contribution in [0.25, 0.3) is 11.1 Å². The van der Waals surface area contributed by atoms with Crippen LogP contribution in [-0.2, 0) is 4.79 Å². The Labute approximate surface area is 180 Å². The molecule has 5 rings (SSSR count). The first kappa shape index (κ1) is 19.5. The van der Waals surface area contributed by atoms with Gasteiger partial charge in [0.05, 0.1) is 18.7 Å². The third-order valence-corrected chi connectivity index (χ3v) is 6.37. The van der Waals surface area contributed by atoms with E-state index in [0.717, 1.165) is 16.7 Å². The summed E-state index contributed by atoms with van der Waals surface area (Å²) < 4.78 is 0. The number of piperazine rings is 1. The van der Waals surface area contributed by atoms with Gasteiger partial charge in [0.2, 0.25) is 5.91 Å². The molecule has 2 amide bonds. The number of pyridine rings is 1. The average molecular weight is 413 g/mol. The second-order valence-corrected chi connectivity index (χ2v) is 8.05. The SMILES string of the molecule is O=C(c1ccncc1)N1CC(=O)N2[C@H](C1)[C@H](c1ccc(-c3ccccc3)cc1)[C@@H]2CO. The molecule has 2 aliphatic heterocycles. The number of benzene rings is 2. The highest BCUT2D eigenvalue weighted by Crippen LogP contribution is 2.43. The molecule has 3 heterocycles. The van der Waals surface area contributed by atoms with Crippen molar-refractivity contribution in [3.05, 3.63) is 90.3 Å². The summed E-state index contributed by atoms with van der Waals surface area (Å²) in [5.41, 5.74) is 3.87. The molecule has 3 aromatic rings. The zero-order valence-corrected chi connectivity index (χ0v) is 17.0. The van der Waals surface area contributed by atoms with Gasteiger partial charge in [-0.3, -0.25) is 14.6 Å². The number of aromatic nitrogens is 1. The number of hydrogen-bond acceptors (Lipinski definition) is 4. The minimum atomic E-state index is -0.252. The number of aliphatic hydroxyl groups excluding tert-OH is 1. The number of rotatable bonds is 4. The van der Waals surface area contributed by atoms with Crippen LogP contribution < -0.4 is 0 Å². The molecule has 2 aliphatic rings. The molecule has 0 aliphatic carbocycles. The van der Waals surface area contributed by atoms with Crippen LogP contribution in [0.2, 0.25) is 0 Å². The maximum atomic E-state index is 12.9. The van der Waals surface area contributed by atoms with Crippen molar-refractivity contribution >= 4 is 11.8 Å². The van der Waals surface area contributed by atoms with Gasteiger partial charge < -0.3 is 14.9 Å². The van der Waals surface area contributed by atoms with Gasteiger partial charge in [-0.05, 0) is 28.8 Å². The van der Waals surface area contributed by atoms with Crippen LogP contribution in [0.15, 0.2) is 79.1 Å². The van der Waals surface area contributed by atoms with E-state index in [-0.39, 0.29) is 43.0 Å². The van der Waals surface area contributed by atoms with E-state index in [1.54, 1.807) is 34.3 Å². The van der Waals surface area contributed by atoms with Crippen LogP contribution in [-0.4, -0.2) is 63.5 Å². The highest BCUT2D eigenvalue weighted by Gasteiger charge is 2.54. The van der Waals surface area contributed by atoms with Crippen LogP contribution in [0, 0.1) is 0 Å². The van der Waals surface area contributed by atoms with Crippen molar-refractivity contribution in [3.63, 3.8) is 0 Å². The predicted octanol–water partition coefficient (Wildman–Crippen LogP) is 2.56. The Morgan fingerprint density at radius 1 is 0.968 bits per heavy atom. The lowest BCUT2D eigenvalue weighted by Gasteiger charge is -2.58. The quantitative estimate of drug-likeness (QED) is 0.714. The van der Waals surface area contributed by atoms with Gasteiger partial charge in [-0.1, -0.05) is 54.6 Å². The normalized spacial score (nSPS) is 22.6. The molecule has 156 valence electrons. The van der Waals surface area contributed by atoms with Gasteiger partial charge in [0.1, 0.15) is 6.54 Å². The van der Waals surface area contributed by atoms with Gasteiger partial charge in [0, 0.05) is 30.4 Å². The minimum absolute atomic E-state index is 0.00758. The fourth-order valence-corrected chi connectivity index (χ4v) is 4.86. The molecule has 31 heavy (non-hydrogen) atoms. The summed E-state index contributed by atoms with van der Waals surface area (Å²) in [6, 6.07) is 21.4. The Kier molecular flexibility index (Phi) is 5.00. The minimum Gasteiger partial charge on any atom is -0.394 e. The first-order chi connectivity index (χ1) is 15.2. The van der Waals surface area contributed by atoms with Crippen molar-refractivity contribution in [1.29, 1.82) is 0 Å². The molecule has 1 N–H and O–H groups in total. The Bertz CT molecular complexity index is 1090. The monoisotopic (exact) mass is 413 g/mol. The van der Waals surface area contributed by atoms with E-state index in [1.807, 2.05) is 18.2 Å². The molecular formula is C25H23N3O3. The summed E-state index contributed by atoms with van der Waals surface area (Å²) in [5.74, 6) is -0.289. The van der Waals surface area contributed by atoms with Gasteiger partial charge in [0.15, 0.2) is 0 Å². The van der Waals surface area contributed by atoms with Crippen LogP contribution in [0.3, 0.4) is 0 Å². The Hall–Kier alpha value is -3.51. The Morgan fingerprint density at radius 2 is 1.65 bits per heavy atom. The van der Waals surface area contributed by atoms with Gasteiger partial charge in [-0.15, -0.1) is 0 Å². The summed E-state index contributed by atoms with van der Waals surface area (Å²) in [4.78, 5) is 33.0. The van der Waals surface area contributed by atoms with Crippen LogP contribution in [0.4, 0.5) is 0 Å². The maximum Gasteiger partial charge on any atom is 0.254 e. The highest BCUT2D eigenvalue weighted by atomic mass is 16.3. The smallest absolute Gasteiger partial charge is 0.254 e. The van der Waals surface area contributed by atoms with Crippen LogP contribution >= 0.6 is 0 Å². The molecule has 0 saturated carbocycles. The molecular weight excluding hydrogens is 390 g/mol. The van der Waals surface area contributed by atoms with Gasteiger partial charge >= 0.3 is 0 Å². The number of aliphatic hydroxyl groups is 1. The second-order valence-electron chi connectivity index (χ2n) is 8.05.